The van der Waals surface area contributed by atoms with Crippen molar-refractivity contribution in [3.05, 3.63) is 59.4 Å². The van der Waals surface area contributed by atoms with Crippen molar-refractivity contribution in [2.24, 2.45) is 11.8 Å². The molecule has 0 radical (unpaired) electrons. The van der Waals surface area contributed by atoms with E-state index in [0.29, 0.717) is 23.8 Å². The highest BCUT2D eigenvalue weighted by Crippen LogP contribution is 2.52. The van der Waals surface area contributed by atoms with Crippen LogP contribution in [0.25, 0.3) is 0 Å². The van der Waals surface area contributed by atoms with E-state index in [-0.39, 0.29) is 11.6 Å². The molecular formula is C24H28FNO3. The molecule has 3 atom stereocenters. The summed E-state index contributed by atoms with van der Waals surface area (Å²) in [6, 6.07) is 12.1. The Balaban J connectivity index is 1.28. The average Bonchev–Trinajstić information content (AvgIpc) is 3.04. The van der Waals surface area contributed by atoms with Crippen LogP contribution in [-0.4, -0.2) is 44.5 Å². The van der Waals surface area contributed by atoms with Gasteiger partial charge in [-0.15, -0.1) is 0 Å². The van der Waals surface area contributed by atoms with Gasteiger partial charge in [-0.05, 0) is 79.1 Å². The second-order valence-corrected chi connectivity index (χ2v) is 8.17. The SMILES string of the molecule is COc1ccc(C2CC3CN(CCCC(=O)c4ccc(F)cc4)CC32)cc1OC. The lowest BCUT2D eigenvalue weighted by atomic mass is 9.64. The third kappa shape index (κ3) is 4.15. The number of hydrogen-bond donors (Lipinski definition) is 0. The molecule has 0 spiro atoms. The lowest BCUT2D eigenvalue weighted by molar-refractivity contribution is 0.0976. The van der Waals surface area contributed by atoms with Gasteiger partial charge in [-0.3, -0.25) is 4.79 Å². The van der Waals surface area contributed by atoms with E-state index in [2.05, 4.69) is 17.0 Å². The number of hydrogen-bond acceptors (Lipinski definition) is 4. The molecule has 2 aromatic carbocycles. The molecule has 1 heterocycles. The highest BCUT2D eigenvalue weighted by molar-refractivity contribution is 5.95. The quantitative estimate of drug-likeness (QED) is 0.613. The molecule has 2 aliphatic rings. The van der Waals surface area contributed by atoms with Gasteiger partial charge < -0.3 is 14.4 Å². The number of carbonyl (C=O) groups is 1. The van der Waals surface area contributed by atoms with Crippen molar-refractivity contribution in [3.8, 4) is 11.5 Å². The van der Waals surface area contributed by atoms with Crippen LogP contribution in [0.15, 0.2) is 42.5 Å². The van der Waals surface area contributed by atoms with E-state index in [9.17, 15) is 9.18 Å². The number of ether oxygens (including phenoxy) is 2. The minimum Gasteiger partial charge on any atom is -0.493 e. The Kier molecular flexibility index (Phi) is 5.86. The molecule has 1 aliphatic carbocycles. The summed E-state index contributed by atoms with van der Waals surface area (Å²) in [6.45, 7) is 3.16. The van der Waals surface area contributed by atoms with Gasteiger partial charge >= 0.3 is 0 Å². The predicted octanol–water partition coefficient (Wildman–Crippen LogP) is 4.54. The zero-order valence-electron chi connectivity index (χ0n) is 17.1. The molecule has 154 valence electrons. The average molecular weight is 397 g/mol. The summed E-state index contributed by atoms with van der Waals surface area (Å²) < 4.78 is 23.8. The van der Waals surface area contributed by atoms with Crippen LogP contribution in [0.5, 0.6) is 11.5 Å². The Bertz CT molecular complexity index is 867. The van der Waals surface area contributed by atoms with Crippen molar-refractivity contribution >= 4 is 5.78 Å². The smallest absolute Gasteiger partial charge is 0.162 e. The van der Waals surface area contributed by atoms with Gasteiger partial charge in [0.25, 0.3) is 0 Å². The Hall–Kier alpha value is -2.40. The van der Waals surface area contributed by atoms with E-state index in [1.807, 2.05) is 6.07 Å². The van der Waals surface area contributed by atoms with Gasteiger partial charge in [0, 0.05) is 25.1 Å². The molecule has 4 rings (SSSR count). The summed E-state index contributed by atoms with van der Waals surface area (Å²) in [7, 11) is 3.34. The van der Waals surface area contributed by atoms with Crippen LogP contribution in [0.3, 0.4) is 0 Å². The number of nitrogens with zero attached hydrogens (tertiary/aromatic N) is 1. The van der Waals surface area contributed by atoms with Crippen LogP contribution >= 0.6 is 0 Å². The number of ketones is 1. The van der Waals surface area contributed by atoms with E-state index >= 15 is 0 Å². The molecule has 3 unspecified atom stereocenters. The van der Waals surface area contributed by atoms with Gasteiger partial charge in [0.05, 0.1) is 14.2 Å². The largest absolute Gasteiger partial charge is 0.493 e. The molecule has 1 saturated heterocycles. The van der Waals surface area contributed by atoms with Crippen LogP contribution in [0.2, 0.25) is 0 Å². The first-order chi connectivity index (χ1) is 14.1. The fourth-order valence-corrected chi connectivity index (χ4v) is 4.89. The number of benzene rings is 2. The minimum atomic E-state index is -0.307. The highest BCUT2D eigenvalue weighted by atomic mass is 19.1. The van der Waals surface area contributed by atoms with Gasteiger partial charge in [-0.1, -0.05) is 6.07 Å². The van der Waals surface area contributed by atoms with Crippen molar-refractivity contribution in [1.29, 1.82) is 0 Å². The fraction of sp³-hybridized carbons (Fsp3) is 0.458. The number of likely N-dealkylation sites (tertiary alicyclic amines) is 1. The first kappa shape index (κ1) is 19.9. The molecule has 1 saturated carbocycles. The summed E-state index contributed by atoms with van der Waals surface area (Å²) in [5, 5.41) is 0. The summed E-state index contributed by atoms with van der Waals surface area (Å²) in [5.74, 6) is 3.36. The topological polar surface area (TPSA) is 38.8 Å². The van der Waals surface area contributed by atoms with Gasteiger partial charge in [0.15, 0.2) is 17.3 Å². The lowest BCUT2D eigenvalue weighted by Crippen LogP contribution is -2.33. The van der Waals surface area contributed by atoms with Crippen molar-refractivity contribution in [2.45, 2.75) is 25.2 Å². The third-order valence-electron chi connectivity index (χ3n) is 6.52. The maximum absolute atomic E-state index is 13.0. The molecule has 0 N–H and O–H groups in total. The van der Waals surface area contributed by atoms with E-state index in [1.165, 1.54) is 24.1 Å². The summed E-state index contributed by atoms with van der Waals surface area (Å²) in [4.78, 5) is 14.8. The van der Waals surface area contributed by atoms with Crippen LogP contribution in [0.4, 0.5) is 4.39 Å². The first-order valence-electron chi connectivity index (χ1n) is 10.3. The summed E-state index contributed by atoms with van der Waals surface area (Å²) in [5.41, 5.74) is 1.93. The lowest BCUT2D eigenvalue weighted by Gasteiger charge is -2.40. The first-order valence-corrected chi connectivity index (χ1v) is 10.3. The Labute approximate surface area is 171 Å². The highest BCUT2D eigenvalue weighted by Gasteiger charge is 2.47. The van der Waals surface area contributed by atoms with Gasteiger partial charge in [-0.2, -0.15) is 0 Å². The Morgan fingerprint density at radius 1 is 1.07 bits per heavy atom. The van der Waals surface area contributed by atoms with Gasteiger partial charge in [-0.25, -0.2) is 4.39 Å². The summed E-state index contributed by atoms with van der Waals surface area (Å²) in [6.07, 6.45) is 2.57. The van der Waals surface area contributed by atoms with Crippen LogP contribution in [0.1, 0.15) is 41.1 Å². The van der Waals surface area contributed by atoms with E-state index in [4.69, 9.17) is 9.47 Å². The van der Waals surface area contributed by atoms with E-state index in [0.717, 1.165) is 43.5 Å². The van der Waals surface area contributed by atoms with Gasteiger partial charge in [0.1, 0.15) is 5.82 Å². The van der Waals surface area contributed by atoms with Crippen LogP contribution in [-0.2, 0) is 0 Å². The maximum Gasteiger partial charge on any atom is 0.162 e. The molecule has 0 amide bonds. The molecule has 0 aromatic heterocycles. The third-order valence-corrected chi connectivity index (χ3v) is 6.52. The van der Waals surface area contributed by atoms with Crippen LogP contribution in [0, 0.1) is 17.7 Å². The Morgan fingerprint density at radius 2 is 1.83 bits per heavy atom. The second kappa shape index (κ2) is 8.54. The molecular weight excluding hydrogens is 369 g/mol. The molecule has 1 aliphatic heterocycles. The van der Waals surface area contributed by atoms with Crippen LogP contribution < -0.4 is 9.47 Å². The number of fused-ring (bicyclic) bond motifs is 1. The molecule has 4 nitrogen and oxygen atoms in total. The number of carbonyl (C=O) groups excluding carboxylic acids is 1. The molecule has 2 fully saturated rings. The van der Waals surface area contributed by atoms with Crippen molar-refractivity contribution in [1.82, 2.24) is 4.90 Å². The number of halogens is 1. The molecule has 2 aromatic rings. The monoisotopic (exact) mass is 397 g/mol. The molecule has 0 bridgehead atoms. The van der Waals surface area contributed by atoms with Crippen molar-refractivity contribution in [3.63, 3.8) is 0 Å². The number of rotatable bonds is 8. The van der Waals surface area contributed by atoms with E-state index in [1.54, 1.807) is 26.4 Å². The fourth-order valence-electron chi connectivity index (χ4n) is 4.89. The number of Topliss-reactive ketones (excluding diaryl/α,β-unsaturated/α-hetero) is 1. The standard InChI is InChI=1S/C24H28FNO3/c1-28-23-10-7-17(13-24(23)29-2)20-12-18-14-26(15-21(18)20)11-3-4-22(27)16-5-8-19(25)9-6-16/h5-10,13,18,20-21H,3-4,11-12,14-15H2,1-2H3. The summed E-state index contributed by atoms with van der Waals surface area (Å²) >= 11 is 0. The van der Waals surface area contributed by atoms with Crippen molar-refractivity contribution in [2.75, 3.05) is 33.9 Å². The van der Waals surface area contributed by atoms with Gasteiger partial charge in [0.2, 0.25) is 0 Å². The Morgan fingerprint density at radius 3 is 2.55 bits per heavy atom. The zero-order chi connectivity index (χ0) is 20.4. The molecule has 29 heavy (non-hydrogen) atoms. The minimum absolute atomic E-state index is 0.0929. The second-order valence-electron chi connectivity index (χ2n) is 8.17. The zero-order valence-corrected chi connectivity index (χ0v) is 17.1. The van der Waals surface area contributed by atoms with Crippen molar-refractivity contribution < 1.29 is 18.7 Å². The predicted molar refractivity (Wildman–Crippen MR) is 110 cm³/mol. The normalized spacial score (nSPS) is 23.3. The van der Waals surface area contributed by atoms with E-state index < -0.39 is 0 Å². The maximum atomic E-state index is 13.0. The number of methoxy groups -OCH3 is 2. The molecule has 5 heteroatoms.